The fourth-order valence-corrected chi connectivity index (χ4v) is 4.91. The average Bonchev–Trinajstić information content (AvgIpc) is 3.27. The Hall–Kier alpha value is -3.03. The van der Waals surface area contributed by atoms with Gasteiger partial charge in [-0.05, 0) is 71.2 Å². The maximum Gasteiger partial charge on any atom is 0.254 e. The summed E-state index contributed by atoms with van der Waals surface area (Å²) in [7, 11) is 1.62. The summed E-state index contributed by atoms with van der Waals surface area (Å²) in [6, 6.07) is 15.8. The van der Waals surface area contributed by atoms with Gasteiger partial charge in [0.25, 0.3) is 5.91 Å². The van der Waals surface area contributed by atoms with Crippen LogP contribution in [0.3, 0.4) is 0 Å². The minimum absolute atomic E-state index is 0.0174. The molecule has 0 aliphatic rings. The molecule has 0 fully saturated rings. The minimum atomic E-state index is -0.317. The maximum absolute atomic E-state index is 13.6. The Kier molecular flexibility index (Phi) is 10.0. The monoisotopic (exact) mass is 524 g/mol. The van der Waals surface area contributed by atoms with Gasteiger partial charge in [-0.1, -0.05) is 45.0 Å². The summed E-state index contributed by atoms with van der Waals surface area (Å²) in [6.07, 6.45) is 0.623. The summed E-state index contributed by atoms with van der Waals surface area (Å²) in [5.74, 6) is -0.656. The lowest BCUT2D eigenvalue weighted by Crippen LogP contribution is -2.43. The summed E-state index contributed by atoms with van der Waals surface area (Å²) >= 11 is 1.60. The molecule has 0 bridgehead atoms. The highest BCUT2D eigenvalue weighted by Crippen LogP contribution is 2.23. The Bertz CT molecular complexity index is 1170. The molecule has 3 rings (SSSR count). The number of halogens is 1. The molecule has 0 saturated heterocycles. The van der Waals surface area contributed by atoms with Gasteiger partial charge in [-0.15, -0.1) is 11.3 Å². The molecular weight excluding hydrogens is 487 g/mol. The van der Waals surface area contributed by atoms with Gasteiger partial charge in [-0.2, -0.15) is 0 Å². The van der Waals surface area contributed by atoms with E-state index in [1.165, 1.54) is 12.1 Å². The van der Waals surface area contributed by atoms with Crippen molar-refractivity contribution in [3.63, 3.8) is 0 Å². The summed E-state index contributed by atoms with van der Waals surface area (Å²) in [6.45, 7) is 10.0. The highest BCUT2D eigenvalue weighted by Gasteiger charge is 2.24. The van der Waals surface area contributed by atoms with E-state index in [0.29, 0.717) is 38.2 Å². The van der Waals surface area contributed by atoms with E-state index in [1.807, 2.05) is 42.6 Å². The van der Waals surface area contributed by atoms with Crippen molar-refractivity contribution in [2.45, 2.75) is 52.6 Å². The molecule has 7 heteroatoms. The number of thiophene rings is 1. The third-order valence-electron chi connectivity index (χ3n) is 6.33. The third kappa shape index (κ3) is 8.23. The Labute approximate surface area is 223 Å². The molecule has 2 aromatic carbocycles. The normalized spacial score (nSPS) is 11.4. The first kappa shape index (κ1) is 28.5. The molecule has 0 N–H and O–H groups in total. The summed E-state index contributed by atoms with van der Waals surface area (Å²) in [5, 5.41) is 2.01. The zero-order valence-corrected chi connectivity index (χ0v) is 23.2. The minimum Gasteiger partial charge on any atom is -0.385 e. The number of nitrogens with zero attached hydrogens (tertiary/aromatic N) is 2. The van der Waals surface area contributed by atoms with Gasteiger partial charge >= 0.3 is 0 Å². The fourth-order valence-electron chi connectivity index (χ4n) is 3.99. The van der Waals surface area contributed by atoms with Gasteiger partial charge in [0.15, 0.2) is 0 Å². The molecular formula is C30H37FN2O3S. The highest BCUT2D eigenvalue weighted by atomic mass is 32.1. The third-order valence-corrected chi connectivity index (χ3v) is 7.34. The van der Waals surface area contributed by atoms with Crippen LogP contribution < -0.4 is 0 Å². The number of hydrogen-bond acceptors (Lipinski definition) is 4. The van der Waals surface area contributed by atoms with E-state index in [2.05, 4.69) is 20.8 Å². The Balaban J connectivity index is 1.82. The number of amides is 2. The number of aryl methyl sites for hydroxylation is 1. The highest BCUT2D eigenvalue weighted by molar-refractivity contribution is 7.10. The first-order chi connectivity index (χ1) is 17.6. The number of ether oxygens (including phenoxy) is 1. The van der Waals surface area contributed by atoms with E-state index in [1.54, 1.807) is 40.4 Å². The van der Waals surface area contributed by atoms with Crippen molar-refractivity contribution in [2.24, 2.45) is 0 Å². The van der Waals surface area contributed by atoms with Gasteiger partial charge in [0.1, 0.15) is 12.4 Å². The van der Waals surface area contributed by atoms with Gasteiger partial charge in [-0.25, -0.2) is 4.39 Å². The zero-order chi connectivity index (χ0) is 27.0. The quantitative estimate of drug-likeness (QED) is 0.281. The second-order valence-electron chi connectivity index (χ2n) is 10.3. The maximum atomic E-state index is 13.6. The molecule has 0 saturated carbocycles. The van der Waals surface area contributed by atoms with Gasteiger partial charge in [-0.3, -0.25) is 9.59 Å². The lowest BCUT2D eigenvalue weighted by Gasteiger charge is -2.28. The van der Waals surface area contributed by atoms with E-state index in [9.17, 15) is 14.0 Å². The van der Waals surface area contributed by atoms with Gasteiger partial charge in [0.05, 0.1) is 6.54 Å². The second kappa shape index (κ2) is 13.0. The Morgan fingerprint density at radius 1 is 0.946 bits per heavy atom. The number of carbonyl (C=O) groups excluding carboxylic acids is 2. The van der Waals surface area contributed by atoms with E-state index >= 15 is 0 Å². The fraction of sp³-hybridized carbons (Fsp3) is 0.400. The number of methoxy groups -OCH3 is 1. The van der Waals surface area contributed by atoms with Crippen LogP contribution in [0.15, 0.2) is 60.0 Å². The van der Waals surface area contributed by atoms with Crippen molar-refractivity contribution in [3.8, 4) is 0 Å². The van der Waals surface area contributed by atoms with Crippen molar-refractivity contribution in [2.75, 3.05) is 26.8 Å². The number of hydrogen-bond donors (Lipinski definition) is 0. The van der Waals surface area contributed by atoms with Crippen LogP contribution in [0, 0.1) is 12.7 Å². The molecule has 37 heavy (non-hydrogen) atoms. The van der Waals surface area contributed by atoms with Crippen LogP contribution >= 0.6 is 11.3 Å². The molecule has 1 aromatic heterocycles. The van der Waals surface area contributed by atoms with Gasteiger partial charge in [0, 0.05) is 37.2 Å². The molecule has 2 amide bonds. The van der Waals surface area contributed by atoms with Crippen LogP contribution in [0.1, 0.15) is 59.1 Å². The van der Waals surface area contributed by atoms with Crippen LogP contribution in [0.25, 0.3) is 0 Å². The molecule has 5 nitrogen and oxygen atoms in total. The zero-order valence-electron chi connectivity index (χ0n) is 22.4. The SMILES string of the molecule is COCCCN(CC(=O)N(Cc1ccc(F)cc1)Cc1sccc1C)C(=O)c1ccc(C(C)(C)C)cc1. The second-order valence-corrected chi connectivity index (χ2v) is 11.3. The largest absolute Gasteiger partial charge is 0.385 e. The molecule has 3 aromatic rings. The van der Waals surface area contributed by atoms with Crippen LogP contribution in [-0.4, -0.2) is 48.4 Å². The molecule has 0 radical (unpaired) electrons. The van der Waals surface area contributed by atoms with Gasteiger partial charge < -0.3 is 14.5 Å². The predicted octanol–water partition coefficient (Wildman–Crippen LogP) is 6.20. The van der Waals surface area contributed by atoms with E-state index in [4.69, 9.17) is 4.74 Å². The number of carbonyl (C=O) groups is 2. The lowest BCUT2D eigenvalue weighted by atomic mass is 9.86. The summed E-state index contributed by atoms with van der Waals surface area (Å²) in [5.41, 5.74) is 3.63. The van der Waals surface area contributed by atoms with Crippen molar-refractivity contribution in [1.82, 2.24) is 9.80 Å². The molecule has 0 spiro atoms. The standard InChI is InChI=1S/C30H37FN2O3S/c1-22-15-18-37-27(22)20-33(19-23-7-13-26(31)14-8-23)28(34)21-32(16-6-17-36-5)29(35)24-9-11-25(12-10-24)30(2,3)4/h7-15,18H,6,16-17,19-21H2,1-5H3. The topological polar surface area (TPSA) is 49.9 Å². The number of benzene rings is 2. The van der Waals surface area contributed by atoms with Crippen molar-refractivity contribution in [3.05, 3.63) is 92.9 Å². The smallest absolute Gasteiger partial charge is 0.254 e. The molecule has 198 valence electrons. The average molecular weight is 525 g/mol. The lowest BCUT2D eigenvalue weighted by molar-refractivity contribution is -0.133. The molecule has 0 atom stereocenters. The van der Waals surface area contributed by atoms with Crippen LogP contribution in [-0.2, 0) is 28.0 Å². The summed E-state index contributed by atoms with van der Waals surface area (Å²) < 4.78 is 18.7. The van der Waals surface area contributed by atoms with E-state index in [-0.39, 0.29) is 29.6 Å². The molecule has 0 unspecified atom stereocenters. The van der Waals surface area contributed by atoms with Crippen LogP contribution in [0.5, 0.6) is 0 Å². The van der Waals surface area contributed by atoms with Crippen molar-refractivity contribution < 1.29 is 18.7 Å². The summed E-state index contributed by atoms with van der Waals surface area (Å²) in [4.78, 5) is 31.6. The molecule has 1 heterocycles. The first-order valence-electron chi connectivity index (χ1n) is 12.5. The Morgan fingerprint density at radius 3 is 2.19 bits per heavy atom. The van der Waals surface area contributed by atoms with Crippen molar-refractivity contribution in [1.29, 1.82) is 0 Å². The van der Waals surface area contributed by atoms with E-state index in [0.717, 1.165) is 21.6 Å². The predicted molar refractivity (Wildman–Crippen MR) is 147 cm³/mol. The Morgan fingerprint density at radius 2 is 1.62 bits per heavy atom. The van der Waals surface area contributed by atoms with E-state index < -0.39 is 0 Å². The molecule has 0 aliphatic heterocycles. The van der Waals surface area contributed by atoms with Gasteiger partial charge in [0.2, 0.25) is 5.91 Å². The van der Waals surface area contributed by atoms with Crippen molar-refractivity contribution >= 4 is 23.2 Å². The van der Waals surface area contributed by atoms with Crippen LogP contribution in [0.4, 0.5) is 4.39 Å². The molecule has 0 aliphatic carbocycles. The van der Waals surface area contributed by atoms with Crippen LogP contribution in [0.2, 0.25) is 0 Å². The number of rotatable bonds is 11. The first-order valence-corrected chi connectivity index (χ1v) is 13.4.